The maximum absolute atomic E-state index is 12.8. The molecule has 3 aliphatic rings. The van der Waals surface area contributed by atoms with Gasteiger partial charge in [0.25, 0.3) is 5.60 Å². The van der Waals surface area contributed by atoms with Crippen molar-refractivity contribution in [2.45, 2.75) is 43.3 Å². The predicted molar refractivity (Wildman–Crippen MR) is 61.2 cm³/mol. The number of hydrogen-bond donors (Lipinski definition) is 0. The predicted octanol–water partition coefficient (Wildman–Crippen LogP) is 4.07. The third kappa shape index (κ3) is 2.22. The third-order valence-electron chi connectivity index (χ3n) is 4.64. The first-order chi connectivity index (χ1) is 9.60. The summed E-state index contributed by atoms with van der Waals surface area (Å²) in [5.74, 6) is -2.01. The summed E-state index contributed by atoms with van der Waals surface area (Å²) in [7, 11) is 1.56. The molecule has 1 saturated heterocycles. The number of methoxy groups -OCH3 is 1. The van der Waals surface area contributed by atoms with E-state index in [-0.39, 0.29) is 5.92 Å². The fourth-order valence-electron chi connectivity index (χ4n) is 3.86. The molecule has 2 bridgehead atoms. The van der Waals surface area contributed by atoms with Crippen molar-refractivity contribution in [3.63, 3.8) is 0 Å². The smallest absolute Gasteiger partial charge is 0.426 e. The molecular formula is C13H16F6O2. The van der Waals surface area contributed by atoms with Gasteiger partial charge in [0.1, 0.15) is 0 Å². The van der Waals surface area contributed by atoms with E-state index in [1.165, 1.54) is 6.26 Å². The van der Waals surface area contributed by atoms with E-state index < -0.39 is 35.9 Å². The van der Waals surface area contributed by atoms with E-state index in [1.807, 2.05) is 0 Å². The zero-order valence-corrected chi connectivity index (χ0v) is 11.3. The minimum Gasteiger partial charge on any atom is -0.505 e. The van der Waals surface area contributed by atoms with Gasteiger partial charge in [-0.1, -0.05) is 6.58 Å². The van der Waals surface area contributed by atoms with Crippen molar-refractivity contribution in [2.75, 3.05) is 7.11 Å². The second kappa shape index (κ2) is 5.07. The van der Waals surface area contributed by atoms with Gasteiger partial charge in [-0.15, -0.1) is 0 Å². The molecule has 3 fully saturated rings. The molecule has 1 aliphatic heterocycles. The van der Waals surface area contributed by atoms with E-state index in [1.54, 1.807) is 7.11 Å². The van der Waals surface area contributed by atoms with Crippen LogP contribution in [-0.4, -0.2) is 31.2 Å². The highest BCUT2D eigenvalue weighted by Gasteiger charge is 2.86. The molecule has 1 heterocycles. The van der Waals surface area contributed by atoms with Crippen molar-refractivity contribution in [1.82, 2.24) is 0 Å². The van der Waals surface area contributed by atoms with Crippen LogP contribution in [-0.2, 0) is 9.47 Å². The zero-order chi connectivity index (χ0) is 16.1. The van der Waals surface area contributed by atoms with Crippen molar-refractivity contribution in [2.24, 2.45) is 17.8 Å². The lowest BCUT2D eigenvalue weighted by molar-refractivity contribution is -0.470. The normalized spacial score (nSPS) is 36.1. The Labute approximate surface area is 118 Å². The zero-order valence-electron chi connectivity index (χ0n) is 11.3. The number of rotatable bonds is 1. The second-order valence-electron chi connectivity index (χ2n) is 5.57. The van der Waals surface area contributed by atoms with Crippen LogP contribution >= 0.6 is 0 Å². The van der Waals surface area contributed by atoms with Crippen LogP contribution in [0.4, 0.5) is 26.3 Å². The highest BCUT2D eigenvalue weighted by Crippen LogP contribution is 2.69. The third-order valence-corrected chi connectivity index (χ3v) is 4.64. The molecule has 2 aliphatic carbocycles. The molecule has 2 nitrogen and oxygen atoms in total. The van der Waals surface area contributed by atoms with Gasteiger partial charge in [0, 0.05) is 5.92 Å². The molecule has 4 unspecified atom stereocenters. The van der Waals surface area contributed by atoms with Gasteiger partial charge in [0.2, 0.25) is 0 Å². The van der Waals surface area contributed by atoms with E-state index >= 15 is 0 Å². The summed E-state index contributed by atoms with van der Waals surface area (Å²) in [4.78, 5) is 0. The van der Waals surface area contributed by atoms with Crippen molar-refractivity contribution in [1.29, 1.82) is 0 Å². The van der Waals surface area contributed by atoms with E-state index in [0.717, 1.165) is 0 Å². The van der Waals surface area contributed by atoms with Crippen LogP contribution < -0.4 is 0 Å². The summed E-state index contributed by atoms with van der Waals surface area (Å²) < 4.78 is 85.3. The Morgan fingerprint density at radius 3 is 1.95 bits per heavy atom. The highest BCUT2D eigenvalue weighted by atomic mass is 19.4. The summed E-state index contributed by atoms with van der Waals surface area (Å²) in [5, 5.41) is 0. The molecule has 0 amide bonds. The maximum atomic E-state index is 12.8. The van der Waals surface area contributed by atoms with Gasteiger partial charge in [-0.05, 0) is 31.1 Å². The molecular weight excluding hydrogens is 302 g/mol. The lowest BCUT2D eigenvalue weighted by Crippen LogP contribution is -2.75. The van der Waals surface area contributed by atoms with Crippen LogP contribution in [0.25, 0.3) is 0 Å². The molecule has 4 atom stereocenters. The summed E-state index contributed by atoms with van der Waals surface area (Å²) in [5.41, 5.74) is -3.90. The second-order valence-corrected chi connectivity index (χ2v) is 5.57. The van der Waals surface area contributed by atoms with Crippen molar-refractivity contribution < 1.29 is 35.8 Å². The van der Waals surface area contributed by atoms with Crippen LogP contribution in [0.2, 0.25) is 0 Å². The van der Waals surface area contributed by atoms with E-state index in [2.05, 4.69) is 16.1 Å². The van der Waals surface area contributed by atoms with Crippen molar-refractivity contribution in [3.05, 3.63) is 12.8 Å². The first-order valence-electron chi connectivity index (χ1n) is 6.55. The topological polar surface area (TPSA) is 18.5 Å². The summed E-state index contributed by atoms with van der Waals surface area (Å²) in [6, 6.07) is 0. The van der Waals surface area contributed by atoms with Crippen LogP contribution in [0, 0.1) is 17.8 Å². The van der Waals surface area contributed by atoms with Gasteiger partial charge in [-0.2, -0.15) is 26.3 Å². The Hall–Kier alpha value is -0.920. The summed E-state index contributed by atoms with van der Waals surface area (Å²) >= 11 is 0. The van der Waals surface area contributed by atoms with Crippen LogP contribution in [0.3, 0.4) is 0 Å². The summed E-state index contributed by atoms with van der Waals surface area (Å²) in [6.45, 7) is 3.26. The Balaban J connectivity index is 0.000000361. The SMILES string of the molecule is C=COC.FC(F)(F)C1(C(F)(F)F)OC2C3CCC(C3)C21. The number of ether oxygens (including phenoxy) is 2. The Morgan fingerprint density at radius 1 is 1.10 bits per heavy atom. The average molecular weight is 318 g/mol. The van der Waals surface area contributed by atoms with Gasteiger partial charge in [0.05, 0.1) is 19.5 Å². The van der Waals surface area contributed by atoms with Gasteiger partial charge in [-0.25, -0.2) is 0 Å². The molecule has 2 saturated carbocycles. The monoisotopic (exact) mass is 318 g/mol. The minimum absolute atomic E-state index is 0.108. The fraction of sp³-hybridized carbons (Fsp3) is 0.846. The molecule has 3 rings (SSSR count). The minimum atomic E-state index is -5.38. The van der Waals surface area contributed by atoms with Gasteiger partial charge in [0.15, 0.2) is 0 Å². The van der Waals surface area contributed by atoms with Crippen LogP contribution in [0.5, 0.6) is 0 Å². The number of alkyl halides is 6. The lowest BCUT2D eigenvalue weighted by atomic mass is 9.68. The molecule has 0 aromatic rings. The van der Waals surface area contributed by atoms with Crippen molar-refractivity contribution in [3.8, 4) is 0 Å². The van der Waals surface area contributed by atoms with Gasteiger partial charge in [-0.3, -0.25) is 0 Å². The van der Waals surface area contributed by atoms with E-state index in [4.69, 9.17) is 0 Å². The van der Waals surface area contributed by atoms with E-state index in [9.17, 15) is 26.3 Å². The molecule has 21 heavy (non-hydrogen) atoms. The Morgan fingerprint density at radius 2 is 1.57 bits per heavy atom. The molecule has 0 aromatic carbocycles. The standard InChI is InChI=1S/C10H10F6O.C3H6O/c11-9(12,13)8(10(14,15)16)6-4-1-2-5(3-4)7(6)17-8;1-3-4-2/h4-7H,1-3H2;3H,1H2,2H3. The fourth-order valence-corrected chi connectivity index (χ4v) is 3.86. The lowest BCUT2D eigenvalue weighted by Gasteiger charge is -2.56. The first-order valence-corrected chi connectivity index (χ1v) is 6.55. The molecule has 0 spiro atoms. The van der Waals surface area contributed by atoms with Crippen molar-refractivity contribution >= 4 is 0 Å². The molecule has 8 heteroatoms. The summed E-state index contributed by atoms with van der Waals surface area (Å²) in [6.07, 6.45) is -8.62. The number of fused-ring (bicyclic) bond motifs is 5. The maximum Gasteiger partial charge on any atom is 0.426 e. The quantitative estimate of drug-likeness (QED) is 0.536. The van der Waals surface area contributed by atoms with Gasteiger partial charge < -0.3 is 9.47 Å². The Bertz CT molecular complexity index is 386. The highest BCUT2D eigenvalue weighted by molar-refractivity contribution is 5.19. The Kier molecular flexibility index (Phi) is 3.97. The number of hydrogen-bond acceptors (Lipinski definition) is 2. The van der Waals surface area contributed by atoms with Crippen LogP contribution in [0.1, 0.15) is 19.3 Å². The molecule has 122 valence electrons. The average Bonchev–Trinajstić information content (AvgIpc) is 2.82. The largest absolute Gasteiger partial charge is 0.505 e. The van der Waals surface area contributed by atoms with E-state index in [0.29, 0.717) is 19.3 Å². The molecule has 0 N–H and O–H groups in total. The molecule has 0 aromatic heterocycles. The van der Waals surface area contributed by atoms with Crippen LogP contribution in [0.15, 0.2) is 12.8 Å². The first kappa shape index (κ1) is 16.5. The van der Waals surface area contributed by atoms with Gasteiger partial charge >= 0.3 is 12.4 Å². The number of halogens is 6. The molecule has 0 radical (unpaired) electrons.